The summed E-state index contributed by atoms with van der Waals surface area (Å²) < 4.78 is 5.37. The standard InChI is InChI=1S/C19H19ClN2O/c20-19-6-2-1-4-16(19)5-3-11-21-17-7-9-18(10-8-17)22-12-14-23-15-13-22/h1-11H,12-15H2/b5-3+,21-11?. The van der Waals surface area contributed by atoms with Crippen molar-refractivity contribution in [2.45, 2.75) is 0 Å². The van der Waals surface area contributed by atoms with E-state index in [9.17, 15) is 0 Å². The smallest absolute Gasteiger partial charge is 0.0642 e. The van der Waals surface area contributed by atoms with Crippen LogP contribution in [0.3, 0.4) is 0 Å². The van der Waals surface area contributed by atoms with Gasteiger partial charge in [-0.1, -0.05) is 35.9 Å². The number of anilines is 1. The SMILES string of the molecule is Clc1ccccc1/C=C/C=Nc1ccc(N2CCOCC2)cc1. The van der Waals surface area contributed by atoms with Crippen LogP contribution in [0.5, 0.6) is 0 Å². The van der Waals surface area contributed by atoms with Crippen LogP contribution in [0.4, 0.5) is 11.4 Å². The predicted molar refractivity (Wildman–Crippen MR) is 98.1 cm³/mol. The van der Waals surface area contributed by atoms with Crippen molar-refractivity contribution in [3.8, 4) is 0 Å². The molecule has 0 unspecified atom stereocenters. The summed E-state index contributed by atoms with van der Waals surface area (Å²) in [5, 5.41) is 0.743. The van der Waals surface area contributed by atoms with E-state index in [4.69, 9.17) is 16.3 Å². The Kier molecular flexibility index (Phi) is 5.46. The zero-order chi connectivity index (χ0) is 15.9. The molecule has 0 N–H and O–H groups in total. The Morgan fingerprint density at radius 1 is 1.00 bits per heavy atom. The summed E-state index contributed by atoms with van der Waals surface area (Å²) in [6.07, 6.45) is 5.64. The summed E-state index contributed by atoms with van der Waals surface area (Å²) in [5.74, 6) is 0. The number of morpholine rings is 1. The zero-order valence-electron chi connectivity index (χ0n) is 12.9. The molecular weight excluding hydrogens is 308 g/mol. The van der Waals surface area contributed by atoms with E-state index in [0.29, 0.717) is 0 Å². The third-order valence-corrected chi connectivity index (χ3v) is 4.06. The number of halogens is 1. The lowest BCUT2D eigenvalue weighted by molar-refractivity contribution is 0.122. The summed E-state index contributed by atoms with van der Waals surface area (Å²) in [4.78, 5) is 6.77. The molecule has 23 heavy (non-hydrogen) atoms. The molecule has 2 aromatic rings. The minimum atomic E-state index is 0.743. The van der Waals surface area contributed by atoms with Crippen LogP contribution in [-0.4, -0.2) is 32.5 Å². The highest BCUT2D eigenvalue weighted by Gasteiger charge is 2.10. The fourth-order valence-corrected chi connectivity index (χ4v) is 2.66. The van der Waals surface area contributed by atoms with Crippen molar-refractivity contribution in [3.63, 3.8) is 0 Å². The molecule has 1 aliphatic rings. The van der Waals surface area contributed by atoms with E-state index in [-0.39, 0.29) is 0 Å². The van der Waals surface area contributed by atoms with E-state index in [1.165, 1.54) is 5.69 Å². The van der Waals surface area contributed by atoms with E-state index in [1.54, 1.807) is 6.21 Å². The molecule has 0 saturated carbocycles. The monoisotopic (exact) mass is 326 g/mol. The molecule has 2 aromatic carbocycles. The quantitative estimate of drug-likeness (QED) is 0.767. The molecular formula is C19H19ClN2O. The van der Waals surface area contributed by atoms with Crippen molar-refractivity contribution in [2.75, 3.05) is 31.2 Å². The van der Waals surface area contributed by atoms with Gasteiger partial charge in [-0.05, 0) is 42.0 Å². The first-order valence-corrected chi connectivity index (χ1v) is 8.09. The van der Waals surface area contributed by atoms with Crippen LogP contribution in [0, 0.1) is 0 Å². The average molecular weight is 327 g/mol. The lowest BCUT2D eigenvalue weighted by Crippen LogP contribution is -2.36. The molecule has 0 spiro atoms. The number of aliphatic imine (C=N–C) groups is 1. The summed E-state index contributed by atoms with van der Waals surface area (Å²) in [5.41, 5.74) is 3.15. The van der Waals surface area contributed by atoms with Crippen LogP contribution in [0.25, 0.3) is 6.08 Å². The lowest BCUT2D eigenvalue weighted by atomic mass is 10.2. The van der Waals surface area contributed by atoms with Crippen LogP contribution >= 0.6 is 11.6 Å². The molecule has 1 heterocycles. The number of hydrogen-bond acceptors (Lipinski definition) is 3. The minimum Gasteiger partial charge on any atom is -0.378 e. The lowest BCUT2D eigenvalue weighted by Gasteiger charge is -2.28. The van der Waals surface area contributed by atoms with Crippen LogP contribution in [-0.2, 0) is 4.74 Å². The predicted octanol–water partition coefficient (Wildman–Crippen LogP) is 4.59. The number of ether oxygens (including phenoxy) is 1. The Balaban J connectivity index is 1.60. The van der Waals surface area contributed by atoms with Gasteiger partial charge in [-0.2, -0.15) is 0 Å². The molecule has 3 nitrogen and oxygen atoms in total. The van der Waals surface area contributed by atoms with Gasteiger partial charge in [0.05, 0.1) is 18.9 Å². The van der Waals surface area contributed by atoms with Crippen LogP contribution in [0.2, 0.25) is 5.02 Å². The van der Waals surface area contributed by atoms with Gasteiger partial charge >= 0.3 is 0 Å². The molecule has 0 aliphatic carbocycles. The maximum absolute atomic E-state index is 6.10. The first kappa shape index (κ1) is 15.8. The molecule has 0 amide bonds. The van der Waals surface area contributed by atoms with Crippen molar-refractivity contribution in [1.82, 2.24) is 0 Å². The Labute approximate surface area is 141 Å². The molecule has 1 aliphatic heterocycles. The van der Waals surface area contributed by atoms with Crippen LogP contribution in [0.15, 0.2) is 59.6 Å². The van der Waals surface area contributed by atoms with Crippen molar-refractivity contribution < 1.29 is 4.74 Å². The van der Waals surface area contributed by atoms with Gasteiger partial charge in [0.1, 0.15) is 0 Å². The average Bonchev–Trinajstić information content (AvgIpc) is 2.61. The largest absolute Gasteiger partial charge is 0.378 e. The van der Waals surface area contributed by atoms with Crippen molar-refractivity contribution >= 4 is 35.3 Å². The van der Waals surface area contributed by atoms with E-state index in [0.717, 1.165) is 42.6 Å². The number of nitrogens with zero attached hydrogens (tertiary/aromatic N) is 2. The second-order valence-corrected chi connectivity index (χ2v) is 5.68. The summed E-state index contributed by atoms with van der Waals surface area (Å²) in [7, 11) is 0. The Bertz CT molecular complexity index is 689. The molecule has 4 heteroatoms. The van der Waals surface area contributed by atoms with E-state index < -0.39 is 0 Å². The fraction of sp³-hybridized carbons (Fsp3) is 0.211. The molecule has 3 rings (SSSR count). The van der Waals surface area contributed by atoms with Gasteiger partial charge in [0.2, 0.25) is 0 Å². The summed E-state index contributed by atoms with van der Waals surface area (Å²) >= 11 is 6.10. The minimum absolute atomic E-state index is 0.743. The third kappa shape index (κ3) is 4.44. The molecule has 0 aromatic heterocycles. The van der Waals surface area contributed by atoms with E-state index in [1.807, 2.05) is 48.6 Å². The van der Waals surface area contributed by atoms with Crippen molar-refractivity contribution in [2.24, 2.45) is 4.99 Å². The Hall–Kier alpha value is -2.10. The third-order valence-electron chi connectivity index (χ3n) is 3.72. The van der Waals surface area contributed by atoms with Crippen LogP contribution in [0.1, 0.15) is 5.56 Å². The molecule has 1 fully saturated rings. The highest BCUT2D eigenvalue weighted by atomic mass is 35.5. The molecule has 0 radical (unpaired) electrons. The van der Waals surface area contributed by atoms with Gasteiger partial charge in [0.15, 0.2) is 0 Å². The van der Waals surface area contributed by atoms with Gasteiger partial charge in [-0.15, -0.1) is 0 Å². The van der Waals surface area contributed by atoms with E-state index >= 15 is 0 Å². The second-order valence-electron chi connectivity index (χ2n) is 5.27. The van der Waals surface area contributed by atoms with Gasteiger partial charge in [-0.3, -0.25) is 4.99 Å². The molecule has 0 atom stereocenters. The highest BCUT2D eigenvalue weighted by Crippen LogP contribution is 2.20. The topological polar surface area (TPSA) is 24.8 Å². The Morgan fingerprint density at radius 3 is 2.48 bits per heavy atom. The van der Waals surface area contributed by atoms with Gasteiger partial charge in [0, 0.05) is 30.0 Å². The van der Waals surface area contributed by atoms with Crippen molar-refractivity contribution in [1.29, 1.82) is 0 Å². The maximum atomic E-state index is 6.10. The molecule has 0 bridgehead atoms. The summed E-state index contributed by atoms with van der Waals surface area (Å²) in [6, 6.07) is 16.0. The van der Waals surface area contributed by atoms with Crippen molar-refractivity contribution in [3.05, 3.63) is 65.2 Å². The second kappa shape index (κ2) is 7.95. The number of rotatable bonds is 4. The van der Waals surface area contributed by atoms with E-state index in [2.05, 4.69) is 22.0 Å². The normalized spacial score (nSPS) is 15.6. The summed E-state index contributed by atoms with van der Waals surface area (Å²) in [6.45, 7) is 3.49. The van der Waals surface area contributed by atoms with Gasteiger partial charge in [-0.25, -0.2) is 0 Å². The number of allylic oxidation sites excluding steroid dienone is 1. The molecule has 1 saturated heterocycles. The van der Waals surface area contributed by atoms with Crippen LogP contribution < -0.4 is 4.90 Å². The zero-order valence-corrected chi connectivity index (χ0v) is 13.6. The first-order chi connectivity index (χ1) is 11.3. The number of benzene rings is 2. The number of hydrogen-bond donors (Lipinski definition) is 0. The highest BCUT2D eigenvalue weighted by molar-refractivity contribution is 6.32. The fourth-order valence-electron chi connectivity index (χ4n) is 2.46. The van der Waals surface area contributed by atoms with Gasteiger partial charge < -0.3 is 9.64 Å². The first-order valence-electron chi connectivity index (χ1n) is 7.71. The maximum Gasteiger partial charge on any atom is 0.0642 e. The molecule has 118 valence electrons. The Morgan fingerprint density at radius 2 is 1.74 bits per heavy atom. The van der Waals surface area contributed by atoms with Gasteiger partial charge in [0.25, 0.3) is 0 Å².